The first kappa shape index (κ1) is 40.0. The molecule has 0 radical (unpaired) electrons. The molecule has 0 saturated carbocycles. The molecule has 2 rings (SSSR count). The van der Waals surface area contributed by atoms with Crippen molar-refractivity contribution < 1.29 is 66.2 Å². The Bertz CT molecular complexity index is 1520. The van der Waals surface area contributed by atoms with Gasteiger partial charge in [0, 0.05) is 5.56 Å². The first-order chi connectivity index (χ1) is 22.7. The maximum Gasteiger partial charge on any atom is 0.365 e. The number of alkyl halides is 3. The summed E-state index contributed by atoms with van der Waals surface area (Å²) in [5.41, 5.74) is 4.87. The SMILES string of the molecule is CC(C)C[C@@H](C(=O)O)N(C(=O)CNC(=O)[C@@H](CC(=O)O)NC(=O)[C@@H](N)Cc1ccc(O)cc1)C(=O)[C@@](F)(N(F)F)C(F)(F)c1ccccc1. The van der Waals surface area contributed by atoms with Crippen LogP contribution in [-0.2, 0) is 41.1 Å². The number of aromatic hydroxyl groups is 1. The number of phenols is 1. The van der Waals surface area contributed by atoms with Crippen LogP contribution >= 0.6 is 0 Å². The fourth-order valence-electron chi connectivity index (χ4n) is 4.52. The molecule has 0 spiro atoms. The fourth-order valence-corrected chi connectivity index (χ4v) is 4.52. The molecule has 0 aliphatic heterocycles. The van der Waals surface area contributed by atoms with E-state index in [1.807, 2.05) is 5.32 Å². The Morgan fingerprint density at radius 3 is 1.96 bits per heavy atom. The Hall–Kier alpha value is -5.17. The van der Waals surface area contributed by atoms with Crippen LogP contribution in [0.5, 0.6) is 5.75 Å². The number of aliphatic carboxylic acids is 2. The normalized spacial score (nSPS) is 14.7. The van der Waals surface area contributed by atoms with Gasteiger partial charge < -0.3 is 31.7 Å². The van der Waals surface area contributed by atoms with Crippen LogP contribution in [0.25, 0.3) is 0 Å². The summed E-state index contributed by atoms with van der Waals surface area (Å²) in [7, 11) is 0. The van der Waals surface area contributed by atoms with Gasteiger partial charge in [-0.15, -0.1) is 0 Å². The van der Waals surface area contributed by atoms with E-state index in [1.54, 1.807) is 5.32 Å². The summed E-state index contributed by atoms with van der Waals surface area (Å²) in [6.45, 7) is 1.19. The largest absolute Gasteiger partial charge is 0.508 e. The maximum absolute atomic E-state index is 15.9. The van der Waals surface area contributed by atoms with Gasteiger partial charge in [0.05, 0.1) is 24.4 Å². The number of hydrogen-bond donors (Lipinski definition) is 6. The molecule has 0 fully saturated rings. The van der Waals surface area contributed by atoms with Crippen molar-refractivity contribution in [2.45, 2.75) is 63.0 Å². The van der Waals surface area contributed by atoms with Gasteiger partial charge in [0.2, 0.25) is 17.7 Å². The van der Waals surface area contributed by atoms with Gasteiger partial charge >= 0.3 is 23.7 Å². The van der Waals surface area contributed by atoms with Crippen molar-refractivity contribution in [1.82, 2.24) is 20.9 Å². The molecule has 0 aliphatic rings. The number of carbonyl (C=O) groups is 6. The highest BCUT2D eigenvalue weighted by Crippen LogP contribution is 2.46. The zero-order valence-electron chi connectivity index (χ0n) is 26.0. The minimum Gasteiger partial charge on any atom is -0.508 e. The number of benzene rings is 2. The molecular weight excluding hydrogens is 669 g/mol. The van der Waals surface area contributed by atoms with Crippen LogP contribution in [0.3, 0.4) is 0 Å². The predicted molar refractivity (Wildman–Crippen MR) is 158 cm³/mol. The van der Waals surface area contributed by atoms with Gasteiger partial charge in [0.1, 0.15) is 17.8 Å². The molecule has 0 unspecified atom stereocenters. The molecule has 2 aromatic rings. The van der Waals surface area contributed by atoms with Crippen molar-refractivity contribution in [3.05, 3.63) is 65.7 Å². The molecule has 0 aromatic heterocycles. The van der Waals surface area contributed by atoms with Gasteiger partial charge in [0.15, 0.2) is 0 Å². The Morgan fingerprint density at radius 1 is 0.898 bits per heavy atom. The molecule has 0 aliphatic carbocycles. The van der Waals surface area contributed by atoms with E-state index in [0.29, 0.717) is 17.7 Å². The lowest BCUT2D eigenvalue weighted by Gasteiger charge is -2.37. The standard InChI is InChI=1S/C30H34F5N5O9/c1-16(2)12-22(27(47)48)39(28(49)30(33,40(34)35)29(31,32)18-6-4-3-5-7-18)23(42)15-37-26(46)21(14-24(43)44)38-25(45)20(36)13-17-8-10-19(41)11-9-17/h3-11,16,20-22,41H,12-15,36H2,1-2H3,(H,37,46)(H,38,45)(H,43,44)(H,47,48)/t20-,21+,22-,30+/m0/s1. The predicted octanol–water partition coefficient (Wildman–Crippen LogP) is 1.72. The molecule has 4 amide bonds. The second-order valence-corrected chi connectivity index (χ2v) is 11.2. The van der Waals surface area contributed by atoms with Crippen LogP contribution in [0.4, 0.5) is 22.1 Å². The summed E-state index contributed by atoms with van der Waals surface area (Å²) in [5.74, 6) is -23.0. The maximum atomic E-state index is 15.9. The fraction of sp³-hybridized carbons (Fsp3) is 0.400. The van der Waals surface area contributed by atoms with Gasteiger partial charge in [-0.3, -0.25) is 28.9 Å². The van der Waals surface area contributed by atoms with E-state index in [1.165, 1.54) is 44.2 Å². The molecule has 0 bridgehead atoms. The van der Waals surface area contributed by atoms with E-state index >= 15 is 13.2 Å². The van der Waals surface area contributed by atoms with Crippen molar-refractivity contribution in [1.29, 1.82) is 0 Å². The lowest BCUT2D eigenvalue weighted by Crippen LogP contribution is -2.65. The highest BCUT2D eigenvalue weighted by Gasteiger charge is 2.70. The summed E-state index contributed by atoms with van der Waals surface area (Å²) >= 11 is 0. The van der Waals surface area contributed by atoms with Crippen LogP contribution in [0.2, 0.25) is 0 Å². The van der Waals surface area contributed by atoms with Gasteiger partial charge in [0.25, 0.3) is 5.91 Å². The zero-order valence-corrected chi connectivity index (χ0v) is 26.0. The number of amides is 4. The van der Waals surface area contributed by atoms with Gasteiger partial charge in [-0.25, -0.2) is 9.18 Å². The molecule has 4 atom stereocenters. The van der Waals surface area contributed by atoms with Gasteiger partial charge in [-0.2, -0.15) is 8.78 Å². The van der Waals surface area contributed by atoms with Crippen molar-refractivity contribution >= 4 is 35.6 Å². The molecule has 268 valence electrons. The lowest BCUT2D eigenvalue weighted by atomic mass is 9.95. The number of rotatable bonds is 17. The van der Waals surface area contributed by atoms with Gasteiger partial charge in [-0.1, -0.05) is 65.3 Å². The minimum atomic E-state index is -5.65. The second-order valence-electron chi connectivity index (χ2n) is 11.2. The van der Waals surface area contributed by atoms with E-state index in [2.05, 4.69) is 0 Å². The van der Waals surface area contributed by atoms with Crippen LogP contribution < -0.4 is 16.4 Å². The third-order valence-corrected chi connectivity index (χ3v) is 7.00. The zero-order chi connectivity index (χ0) is 37.3. The first-order valence-corrected chi connectivity index (χ1v) is 14.4. The van der Waals surface area contributed by atoms with E-state index in [4.69, 9.17) is 5.73 Å². The highest BCUT2D eigenvalue weighted by molar-refractivity contribution is 6.04. The lowest BCUT2D eigenvalue weighted by molar-refractivity contribution is -0.337. The molecule has 2 aromatic carbocycles. The third kappa shape index (κ3) is 9.92. The Kier molecular flexibility index (Phi) is 13.7. The van der Waals surface area contributed by atoms with Crippen LogP contribution in [0, 0.1) is 5.92 Å². The Balaban J connectivity index is 2.41. The van der Waals surface area contributed by atoms with Crippen molar-refractivity contribution in [3.63, 3.8) is 0 Å². The van der Waals surface area contributed by atoms with E-state index in [0.717, 1.165) is 12.1 Å². The third-order valence-electron chi connectivity index (χ3n) is 7.00. The van der Waals surface area contributed by atoms with Crippen LogP contribution in [-0.4, -0.2) is 91.6 Å². The highest BCUT2D eigenvalue weighted by atomic mass is 19.4. The van der Waals surface area contributed by atoms with Crippen LogP contribution in [0.15, 0.2) is 54.6 Å². The van der Waals surface area contributed by atoms with E-state index < -0.39 is 107 Å². The average Bonchev–Trinajstić information content (AvgIpc) is 3.03. The minimum absolute atomic E-state index is 0.0810. The van der Waals surface area contributed by atoms with Crippen molar-refractivity contribution in [2.75, 3.05) is 6.54 Å². The number of carboxylic acid groups (broad SMARTS) is 2. The summed E-state index contributed by atoms with van der Waals surface area (Å²) in [6.07, 6.45) is -1.99. The van der Waals surface area contributed by atoms with E-state index in [9.17, 15) is 53.0 Å². The summed E-state index contributed by atoms with van der Waals surface area (Å²) in [5, 5.41) is 29.4. The summed E-state index contributed by atoms with van der Waals surface area (Å²) < 4.78 is 74.6. The topological polar surface area (TPSA) is 220 Å². The molecular formula is C30H34F5N5O9. The monoisotopic (exact) mass is 703 g/mol. The quantitative estimate of drug-likeness (QED) is 0.0792. The number of nitrogens with one attached hydrogen (secondary N) is 2. The Morgan fingerprint density at radius 2 is 1.47 bits per heavy atom. The molecule has 7 N–H and O–H groups in total. The number of phenolic OH excluding ortho intramolecular Hbond substituents is 1. The smallest absolute Gasteiger partial charge is 0.365 e. The molecule has 0 heterocycles. The summed E-state index contributed by atoms with van der Waals surface area (Å²) in [4.78, 5) is 75.0. The average molecular weight is 704 g/mol. The second kappa shape index (κ2) is 16.8. The molecule has 49 heavy (non-hydrogen) atoms. The number of carbonyl (C=O) groups excluding carboxylic acids is 4. The van der Waals surface area contributed by atoms with Crippen LogP contribution in [0.1, 0.15) is 37.8 Å². The number of hydrogen-bond acceptors (Lipinski definition) is 9. The van der Waals surface area contributed by atoms with Gasteiger partial charge in [-0.05, 0) is 36.5 Å². The van der Waals surface area contributed by atoms with Crippen molar-refractivity contribution in [2.24, 2.45) is 11.7 Å². The number of halogens is 5. The first-order valence-electron chi connectivity index (χ1n) is 14.4. The number of imide groups is 1. The summed E-state index contributed by atoms with van der Waals surface area (Å²) in [6, 6.07) is 3.65. The van der Waals surface area contributed by atoms with Crippen molar-refractivity contribution in [3.8, 4) is 5.75 Å². The molecule has 19 heteroatoms. The van der Waals surface area contributed by atoms with E-state index in [-0.39, 0.29) is 12.2 Å². The molecule has 0 saturated heterocycles. The Labute approximate surface area is 275 Å². The molecule has 14 nitrogen and oxygen atoms in total. The number of carboxylic acids is 2. The number of nitrogens with two attached hydrogens (primary N) is 1. The number of nitrogens with zero attached hydrogens (tertiary/aromatic N) is 2.